The van der Waals surface area contributed by atoms with Gasteiger partial charge in [-0.2, -0.15) is 0 Å². The average Bonchev–Trinajstić information content (AvgIpc) is 2.11. The van der Waals surface area contributed by atoms with E-state index in [0.717, 1.165) is 11.6 Å². The molecule has 0 aliphatic heterocycles. The minimum atomic E-state index is -0.830. The largest absolute Gasteiger partial charge is 0.310 e. The molecule has 0 amide bonds. The zero-order valence-corrected chi connectivity index (χ0v) is 8.27. The van der Waals surface area contributed by atoms with E-state index in [1.807, 2.05) is 6.92 Å². The van der Waals surface area contributed by atoms with E-state index in [-0.39, 0.29) is 6.04 Å². The Morgan fingerprint density at radius 1 is 1.36 bits per heavy atom. The van der Waals surface area contributed by atoms with Crippen LogP contribution in [0.4, 0.5) is 8.78 Å². The van der Waals surface area contributed by atoms with Crippen molar-refractivity contribution in [3.8, 4) is 0 Å². The number of nitrogens with one attached hydrogen (secondary N) is 1. The van der Waals surface area contributed by atoms with Gasteiger partial charge in [-0.15, -0.1) is 0 Å². The van der Waals surface area contributed by atoms with Crippen LogP contribution in [0.3, 0.4) is 0 Å². The Morgan fingerprint density at radius 3 is 2.43 bits per heavy atom. The fourth-order valence-corrected chi connectivity index (χ4v) is 1.39. The standard InChI is InChI=1S/C11H13F2N/c1-7(2)11(14-3)8-4-5-9(12)10(13)6-8/h4-6,11,14H,1H2,2-3H3. The molecule has 14 heavy (non-hydrogen) atoms. The molecule has 1 unspecified atom stereocenters. The maximum Gasteiger partial charge on any atom is 0.159 e. The lowest BCUT2D eigenvalue weighted by atomic mass is 10.0. The van der Waals surface area contributed by atoms with E-state index >= 15 is 0 Å². The normalized spacial score (nSPS) is 12.6. The average molecular weight is 197 g/mol. The van der Waals surface area contributed by atoms with Gasteiger partial charge in [0.1, 0.15) is 0 Å². The van der Waals surface area contributed by atoms with Crippen molar-refractivity contribution < 1.29 is 8.78 Å². The fourth-order valence-electron chi connectivity index (χ4n) is 1.39. The number of rotatable bonds is 3. The molecule has 0 aliphatic carbocycles. The Hall–Kier alpha value is -1.22. The van der Waals surface area contributed by atoms with Gasteiger partial charge in [0.2, 0.25) is 0 Å². The van der Waals surface area contributed by atoms with Crippen molar-refractivity contribution in [3.05, 3.63) is 47.5 Å². The highest BCUT2D eigenvalue weighted by Gasteiger charge is 2.11. The van der Waals surface area contributed by atoms with Crippen LogP contribution in [0, 0.1) is 11.6 Å². The molecule has 0 bridgehead atoms. The van der Waals surface area contributed by atoms with E-state index in [0.29, 0.717) is 5.56 Å². The summed E-state index contributed by atoms with van der Waals surface area (Å²) < 4.78 is 25.6. The van der Waals surface area contributed by atoms with Crippen molar-refractivity contribution in [2.45, 2.75) is 13.0 Å². The topological polar surface area (TPSA) is 12.0 Å². The summed E-state index contributed by atoms with van der Waals surface area (Å²) in [6.07, 6.45) is 0. The zero-order chi connectivity index (χ0) is 10.7. The molecule has 1 aromatic rings. The highest BCUT2D eigenvalue weighted by atomic mass is 19.2. The first-order valence-electron chi connectivity index (χ1n) is 4.34. The van der Waals surface area contributed by atoms with Gasteiger partial charge in [-0.25, -0.2) is 8.78 Å². The van der Waals surface area contributed by atoms with Crippen LogP contribution in [0.15, 0.2) is 30.4 Å². The van der Waals surface area contributed by atoms with Gasteiger partial charge in [-0.05, 0) is 31.7 Å². The van der Waals surface area contributed by atoms with Gasteiger partial charge in [0, 0.05) is 0 Å². The van der Waals surface area contributed by atoms with Gasteiger partial charge in [0.05, 0.1) is 6.04 Å². The summed E-state index contributed by atoms with van der Waals surface area (Å²) in [6, 6.07) is 3.72. The molecule has 1 N–H and O–H groups in total. The van der Waals surface area contributed by atoms with Crippen molar-refractivity contribution in [1.29, 1.82) is 0 Å². The van der Waals surface area contributed by atoms with Crippen molar-refractivity contribution in [2.24, 2.45) is 0 Å². The Bertz CT molecular complexity index is 347. The quantitative estimate of drug-likeness (QED) is 0.735. The summed E-state index contributed by atoms with van der Waals surface area (Å²) >= 11 is 0. The number of benzene rings is 1. The molecule has 1 rings (SSSR count). The number of hydrogen-bond donors (Lipinski definition) is 1. The predicted molar refractivity (Wildman–Crippen MR) is 53.0 cm³/mol. The summed E-state index contributed by atoms with van der Waals surface area (Å²) in [5, 5.41) is 2.98. The summed E-state index contributed by atoms with van der Waals surface area (Å²) in [5.41, 5.74) is 1.54. The molecular weight excluding hydrogens is 184 g/mol. The van der Waals surface area contributed by atoms with E-state index in [2.05, 4.69) is 11.9 Å². The molecular formula is C11H13F2N. The van der Waals surface area contributed by atoms with Crippen LogP contribution in [0.5, 0.6) is 0 Å². The molecule has 0 heterocycles. The first-order chi connectivity index (χ1) is 6.56. The van der Waals surface area contributed by atoms with Crippen LogP contribution >= 0.6 is 0 Å². The van der Waals surface area contributed by atoms with Gasteiger partial charge in [0.25, 0.3) is 0 Å². The highest BCUT2D eigenvalue weighted by Crippen LogP contribution is 2.21. The highest BCUT2D eigenvalue weighted by molar-refractivity contribution is 5.27. The van der Waals surface area contributed by atoms with Crippen LogP contribution in [0.2, 0.25) is 0 Å². The van der Waals surface area contributed by atoms with Crippen molar-refractivity contribution in [1.82, 2.24) is 5.32 Å². The maximum absolute atomic E-state index is 12.9. The van der Waals surface area contributed by atoms with Gasteiger partial charge < -0.3 is 5.32 Å². The molecule has 76 valence electrons. The molecule has 0 aromatic heterocycles. The molecule has 0 fully saturated rings. The van der Waals surface area contributed by atoms with Gasteiger partial charge in [-0.1, -0.05) is 18.2 Å². The molecule has 1 nitrogen and oxygen atoms in total. The lowest BCUT2D eigenvalue weighted by Crippen LogP contribution is -2.17. The summed E-state index contributed by atoms with van der Waals surface area (Å²) in [4.78, 5) is 0. The maximum atomic E-state index is 12.9. The first kappa shape index (κ1) is 10.9. The molecule has 1 aromatic carbocycles. The third kappa shape index (κ3) is 2.17. The molecule has 0 saturated heterocycles. The fraction of sp³-hybridized carbons (Fsp3) is 0.273. The van der Waals surface area contributed by atoms with E-state index in [9.17, 15) is 8.78 Å². The third-order valence-corrected chi connectivity index (χ3v) is 2.06. The van der Waals surface area contributed by atoms with E-state index in [1.54, 1.807) is 13.1 Å². The first-order valence-corrected chi connectivity index (χ1v) is 4.34. The Morgan fingerprint density at radius 2 is 2.00 bits per heavy atom. The van der Waals surface area contributed by atoms with Crippen LogP contribution < -0.4 is 5.32 Å². The van der Waals surface area contributed by atoms with E-state index in [4.69, 9.17) is 0 Å². The summed E-state index contributed by atoms with van der Waals surface area (Å²) in [5.74, 6) is -1.66. The van der Waals surface area contributed by atoms with Gasteiger partial charge in [0.15, 0.2) is 11.6 Å². The van der Waals surface area contributed by atoms with Crippen LogP contribution in [-0.4, -0.2) is 7.05 Å². The van der Waals surface area contributed by atoms with Crippen LogP contribution in [0.1, 0.15) is 18.5 Å². The second-order valence-electron chi connectivity index (χ2n) is 3.24. The van der Waals surface area contributed by atoms with Crippen LogP contribution in [0.25, 0.3) is 0 Å². The molecule has 3 heteroatoms. The van der Waals surface area contributed by atoms with Crippen molar-refractivity contribution >= 4 is 0 Å². The summed E-state index contributed by atoms with van der Waals surface area (Å²) in [7, 11) is 1.75. The lowest BCUT2D eigenvalue weighted by molar-refractivity contribution is 0.504. The van der Waals surface area contributed by atoms with Gasteiger partial charge in [-0.3, -0.25) is 0 Å². The third-order valence-electron chi connectivity index (χ3n) is 2.06. The second kappa shape index (κ2) is 4.33. The molecule has 0 saturated carbocycles. The molecule has 0 spiro atoms. The predicted octanol–water partition coefficient (Wildman–Crippen LogP) is 2.80. The van der Waals surface area contributed by atoms with Crippen LogP contribution in [-0.2, 0) is 0 Å². The Labute approximate surface area is 82.4 Å². The second-order valence-corrected chi connectivity index (χ2v) is 3.24. The zero-order valence-electron chi connectivity index (χ0n) is 8.27. The van der Waals surface area contributed by atoms with E-state index in [1.165, 1.54) is 6.07 Å². The minimum Gasteiger partial charge on any atom is -0.310 e. The smallest absolute Gasteiger partial charge is 0.159 e. The SMILES string of the molecule is C=C(C)C(NC)c1ccc(F)c(F)c1. The summed E-state index contributed by atoms with van der Waals surface area (Å²) in [6.45, 7) is 5.61. The van der Waals surface area contributed by atoms with E-state index < -0.39 is 11.6 Å². The monoisotopic (exact) mass is 197 g/mol. The number of hydrogen-bond acceptors (Lipinski definition) is 1. The Kier molecular flexibility index (Phi) is 3.36. The molecule has 0 radical (unpaired) electrons. The Balaban J connectivity index is 3.06. The minimum absolute atomic E-state index is 0.134. The lowest BCUT2D eigenvalue weighted by Gasteiger charge is -2.16. The van der Waals surface area contributed by atoms with Gasteiger partial charge >= 0.3 is 0 Å². The molecule has 0 aliphatic rings. The van der Waals surface area contributed by atoms with Crippen molar-refractivity contribution in [2.75, 3.05) is 7.05 Å². The molecule has 1 atom stereocenters. The number of halogens is 2. The number of likely N-dealkylation sites (N-methyl/N-ethyl adjacent to an activating group) is 1. The van der Waals surface area contributed by atoms with Crippen molar-refractivity contribution in [3.63, 3.8) is 0 Å².